The molecular formula is C22H20O3S2. The average Bonchev–Trinajstić information content (AvgIpc) is 2.69. The molecule has 0 fully saturated rings. The number of carbonyl (C=O) groups excluding carboxylic acids is 1. The molecule has 0 atom stereocenters. The van der Waals surface area contributed by atoms with Crippen molar-refractivity contribution in [2.24, 2.45) is 0 Å². The number of phenolic OH excluding ortho intramolecular Hbond substituents is 1. The van der Waals surface area contributed by atoms with Crippen LogP contribution in [0.4, 0.5) is 0 Å². The van der Waals surface area contributed by atoms with E-state index in [0.29, 0.717) is 4.90 Å². The maximum atomic E-state index is 12.4. The first kappa shape index (κ1) is 19.4. The van der Waals surface area contributed by atoms with Crippen molar-refractivity contribution in [2.75, 3.05) is 6.61 Å². The molecule has 0 aliphatic carbocycles. The third-order valence-corrected chi connectivity index (χ3v) is 6.25. The number of phenols is 1. The smallest absolute Gasteiger partial charge is 0.341 e. The van der Waals surface area contributed by atoms with Crippen LogP contribution >= 0.6 is 23.5 Å². The molecule has 138 valence electrons. The molecule has 3 rings (SSSR count). The summed E-state index contributed by atoms with van der Waals surface area (Å²) in [6, 6.07) is 21.5. The highest BCUT2D eigenvalue weighted by Crippen LogP contribution is 2.44. The normalized spacial score (nSPS) is 10.6. The number of aromatic hydroxyl groups is 1. The Bertz CT molecular complexity index is 925. The number of hydrogen-bond donors (Lipinski definition) is 1. The molecule has 0 saturated carbocycles. The van der Waals surface area contributed by atoms with Gasteiger partial charge in [0.05, 0.1) is 11.5 Å². The Kier molecular flexibility index (Phi) is 6.48. The minimum atomic E-state index is -0.514. The number of hydrogen-bond acceptors (Lipinski definition) is 5. The third-order valence-electron chi connectivity index (χ3n) is 3.89. The van der Waals surface area contributed by atoms with Gasteiger partial charge in [-0.1, -0.05) is 59.9 Å². The quantitative estimate of drug-likeness (QED) is 0.504. The molecule has 3 nitrogen and oxygen atoms in total. The van der Waals surface area contributed by atoms with Gasteiger partial charge in [0.15, 0.2) is 0 Å². The minimum absolute atomic E-state index is 0.0304. The predicted octanol–water partition coefficient (Wildman–Crippen LogP) is 6.18. The van der Waals surface area contributed by atoms with Gasteiger partial charge in [-0.25, -0.2) is 4.79 Å². The van der Waals surface area contributed by atoms with E-state index in [1.54, 1.807) is 24.8 Å². The lowest BCUT2D eigenvalue weighted by Gasteiger charge is -2.16. The Morgan fingerprint density at radius 3 is 2.07 bits per heavy atom. The molecule has 5 heteroatoms. The van der Waals surface area contributed by atoms with E-state index in [4.69, 9.17) is 4.74 Å². The Labute approximate surface area is 167 Å². The van der Waals surface area contributed by atoms with Gasteiger partial charge in [-0.05, 0) is 49.7 Å². The average molecular weight is 397 g/mol. The number of esters is 1. The van der Waals surface area contributed by atoms with Gasteiger partial charge in [0.25, 0.3) is 0 Å². The van der Waals surface area contributed by atoms with Crippen LogP contribution in [0.15, 0.2) is 86.3 Å². The van der Waals surface area contributed by atoms with Crippen LogP contribution in [0.2, 0.25) is 0 Å². The van der Waals surface area contributed by atoms with Crippen molar-refractivity contribution in [3.05, 3.63) is 77.9 Å². The molecule has 0 aliphatic rings. The largest absolute Gasteiger partial charge is 0.506 e. The van der Waals surface area contributed by atoms with Crippen molar-refractivity contribution in [2.45, 2.75) is 33.4 Å². The number of rotatable bonds is 6. The highest BCUT2D eigenvalue weighted by molar-refractivity contribution is 8.00. The molecule has 0 bridgehead atoms. The molecule has 0 amide bonds. The van der Waals surface area contributed by atoms with Gasteiger partial charge in [-0.2, -0.15) is 0 Å². The maximum Gasteiger partial charge on any atom is 0.341 e. The summed E-state index contributed by atoms with van der Waals surface area (Å²) in [5.41, 5.74) is 1.13. The van der Waals surface area contributed by atoms with Gasteiger partial charge in [0, 0.05) is 14.7 Å². The van der Waals surface area contributed by atoms with E-state index in [-0.39, 0.29) is 17.9 Å². The van der Waals surface area contributed by atoms with E-state index >= 15 is 0 Å². The SMILES string of the molecule is CCOC(=O)c1cc(Sc2ccccc2)c(C)c(Sc2ccccc2)c1O. The van der Waals surface area contributed by atoms with Crippen molar-refractivity contribution < 1.29 is 14.6 Å². The molecule has 0 saturated heterocycles. The van der Waals surface area contributed by atoms with Crippen LogP contribution in [0.3, 0.4) is 0 Å². The first-order valence-corrected chi connectivity index (χ1v) is 10.2. The zero-order chi connectivity index (χ0) is 19.2. The summed E-state index contributed by atoms with van der Waals surface area (Å²) >= 11 is 3.01. The molecule has 0 spiro atoms. The minimum Gasteiger partial charge on any atom is -0.506 e. The zero-order valence-corrected chi connectivity index (χ0v) is 16.8. The van der Waals surface area contributed by atoms with Crippen molar-refractivity contribution in [1.82, 2.24) is 0 Å². The van der Waals surface area contributed by atoms with Crippen LogP contribution in [0.25, 0.3) is 0 Å². The van der Waals surface area contributed by atoms with Crippen LogP contribution in [0.5, 0.6) is 5.75 Å². The Morgan fingerprint density at radius 1 is 0.963 bits per heavy atom. The highest BCUT2D eigenvalue weighted by atomic mass is 32.2. The summed E-state index contributed by atoms with van der Waals surface area (Å²) in [5, 5.41) is 10.8. The lowest BCUT2D eigenvalue weighted by Crippen LogP contribution is -2.06. The van der Waals surface area contributed by atoms with Gasteiger partial charge in [-0.3, -0.25) is 0 Å². The lowest BCUT2D eigenvalue weighted by atomic mass is 10.1. The van der Waals surface area contributed by atoms with Gasteiger partial charge in [-0.15, -0.1) is 0 Å². The number of carbonyl (C=O) groups is 1. The van der Waals surface area contributed by atoms with E-state index in [1.807, 2.05) is 67.6 Å². The fourth-order valence-corrected chi connectivity index (χ4v) is 4.58. The first-order valence-electron chi connectivity index (χ1n) is 8.59. The summed E-state index contributed by atoms with van der Waals surface area (Å²) in [6.45, 7) is 3.97. The summed E-state index contributed by atoms with van der Waals surface area (Å²) in [4.78, 5) is 16.0. The molecule has 27 heavy (non-hydrogen) atoms. The molecule has 1 N–H and O–H groups in total. The van der Waals surface area contributed by atoms with Crippen LogP contribution in [-0.2, 0) is 4.74 Å². The molecule has 3 aromatic rings. The van der Waals surface area contributed by atoms with Crippen molar-refractivity contribution >= 4 is 29.5 Å². The zero-order valence-electron chi connectivity index (χ0n) is 15.1. The molecule has 3 aromatic carbocycles. The molecule has 0 heterocycles. The highest BCUT2D eigenvalue weighted by Gasteiger charge is 2.22. The van der Waals surface area contributed by atoms with Crippen LogP contribution in [-0.4, -0.2) is 17.7 Å². The molecule has 0 unspecified atom stereocenters. The summed E-state index contributed by atoms with van der Waals surface area (Å²) in [5.74, 6) is -0.544. The van der Waals surface area contributed by atoms with E-state index < -0.39 is 5.97 Å². The Morgan fingerprint density at radius 2 is 1.52 bits per heavy atom. The summed E-state index contributed by atoms with van der Waals surface area (Å²) < 4.78 is 5.14. The first-order chi connectivity index (χ1) is 13.1. The van der Waals surface area contributed by atoms with E-state index in [1.165, 1.54) is 11.8 Å². The Hall–Kier alpha value is -2.37. The van der Waals surface area contributed by atoms with Crippen molar-refractivity contribution in [3.8, 4) is 5.75 Å². The van der Waals surface area contributed by atoms with Gasteiger partial charge >= 0.3 is 5.97 Å². The summed E-state index contributed by atoms with van der Waals surface area (Å²) in [7, 11) is 0. The monoisotopic (exact) mass is 396 g/mol. The molecule has 0 aliphatic heterocycles. The predicted molar refractivity (Wildman–Crippen MR) is 110 cm³/mol. The van der Waals surface area contributed by atoms with Gasteiger partial charge in [0.1, 0.15) is 11.3 Å². The van der Waals surface area contributed by atoms with Crippen molar-refractivity contribution in [1.29, 1.82) is 0 Å². The van der Waals surface area contributed by atoms with Crippen LogP contribution in [0.1, 0.15) is 22.8 Å². The van der Waals surface area contributed by atoms with E-state index in [0.717, 1.165) is 20.2 Å². The standard InChI is InChI=1S/C22H20O3S2/c1-3-25-22(24)18-14-19(26-16-10-6-4-7-11-16)15(2)21(20(18)23)27-17-12-8-5-9-13-17/h4-14,23H,3H2,1-2H3. The van der Waals surface area contributed by atoms with Crippen LogP contribution < -0.4 is 0 Å². The second-order valence-corrected chi connectivity index (χ2v) is 7.97. The van der Waals surface area contributed by atoms with Crippen molar-refractivity contribution in [3.63, 3.8) is 0 Å². The lowest BCUT2D eigenvalue weighted by molar-refractivity contribution is 0.0522. The second-order valence-electron chi connectivity index (χ2n) is 5.78. The van der Waals surface area contributed by atoms with Gasteiger partial charge < -0.3 is 9.84 Å². The fraction of sp³-hybridized carbons (Fsp3) is 0.136. The Balaban J connectivity index is 2.08. The second kappa shape index (κ2) is 9.02. The van der Waals surface area contributed by atoms with E-state index in [9.17, 15) is 9.90 Å². The van der Waals surface area contributed by atoms with Gasteiger partial charge in [0.2, 0.25) is 0 Å². The van der Waals surface area contributed by atoms with Crippen LogP contribution in [0, 0.1) is 6.92 Å². The molecule has 0 radical (unpaired) electrons. The fourth-order valence-electron chi connectivity index (χ4n) is 2.54. The summed E-state index contributed by atoms with van der Waals surface area (Å²) in [6.07, 6.45) is 0. The number of benzene rings is 3. The topological polar surface area (TPSA) is 46.5 Å². The number of ether oxygens (including phenoxy) is 1. The van der Waals surface area contributed by atoms with E-state index in [2.05, 4.69) is 0 Å². The maximum absolute atomic E-state index is 12.4. The third kappa shape index (κ3) is 4.67. The molecular weight excluding hydrogens is 376 g/mol. The molecule has 0 aromatic heterocycles.